The summed E-state index contributed by atoms with van der Waals surface area (Å²) in [6, 6.07) is 3.31. The highest BCUT2D eigenvalue weighted by Crippen LogP contribution is 2.52. The molecule has 34 heavy (non-hydrogen) atoms. The van der Waals surface area contributed by atoms with Gasteiger partial charge in [-0.1, -0.05) is 26.8 Å². The number of carbonyl (C=O) groups is 3. The van der Waals surface area contributed by atoms with Crippen molar-refractivity contribution in [2.24, 2.45) is 23.0 Å². The Kier molecular flexibility index (Phi) is 5.63. The van der Waals surface area contributed by atoms with Crippen molar-refractivity contribution >= 4 is 23.2 Å². The number of rotatable bonds is 4. The van der Waals surface area contributed by atoms with Gasteiger partial charge in [-0.05, 0) is 60.6 Å². The van der Waals surface area contributed by atoms with Gasteiger partial charge in [0.25, 0.3) is 5.91 Å². The second kappa shape index (κ2) is 7.98. The van der Waals surface area contributed by atoms with Crippen LogP contribution in [0, 0.1) is 17.3 Å². The third-order valence-corrected chi connectivity index (χ3v) is 7.42. The molecule has 1 aromatic carbocycles. The lowest BCUT2D eigenvalue weighted by molar-refractivity contribution is -0.147. The minimum Gasteiger partial charge on any atom is -0.508 e. The Balaban J connectivity index is 1.80. The zero-order chi connectivity index (χ0) is 25.2. The van der Waals surface area contributed by atoms with E-state index in [1.165, 1.54) is 6.07 Å². The molecule has 3 aliphatic rings. The van der Waals surface area contributed by atoms with Crippen LogP contribution in [0.5, 0.6) is 5.75 Å². The lowest BCUT2D eigenvalue weighted by atomic mass is 9.59. The van der Waals surface area contributed by atoms with Gasteiger partial charge in [-0.25, -0.2) is 0 Å². The van der Waals surface area contributed by atoms with Crippen LogP contribution in [0.4, 0.5) is 0 Å². The second-order valence-corrected chi connectivity index (χ2v) is 10.9. The average molecular weight is 470 g/mol. The lowest BCUT2D eigenvalue weighted by Crippen LogP contribution is -2.58. The fourth-order valence-corrected chi connectivity index (χ4v) is 5.73. The van der Waals surface area contributed by atoms with Gasteiger partial charge >= 0.3 is 0 Å². The first-order chi connectivity index (χ1) is 15.8. The van der Waals surface area contributed by atoms with Gasteiger partial charge in [0.05, 0.1) is 5.56 Å². The minimum atomic E-state index is -2.53. The summed E-state index contributed by atoms with van der Waals surface area (Å²) < 4.78 is 0. The van der Waals surface area contributed by atoms with Crippen LogP contribution in [-0.4, -0.2) is 43.5 Å². The highest BCUT2D eigenvalue weighted by atomic mass is 16.3. The summed E-state index contributed by atoms with van der Waals surface area (Å²) >= 11 is 0. The third-order valence-electron chi connectivity index (χ3n) is 7.42. The number of benzene rings is 1. The Morgan fingerprint density at radius 3 is 2.44 bits per heavy atom. The highest BCUT2D eigenvalue weighted by molar-refractivity contribution is 6.22. The maximum atomic E-state index is 13.5. The predicted molar refractivity (Wildman–Crippen MR) is 124 cm³/mol. The smallest absolute Gasteiger partial charge is 0.255 e. The van der Waals surface area contributed by atoms with E-state index in [0.717, 1.165) is 30.4 Å². The Morgan fingerprint density at radius 1 is 1.15 bits per heavy atom. The lowest BCUT2D eigenvalue weighted by Gasteiger charge is -2.46. The predicted octanol–water partition coefficient (Wildman–Crippen LogP) is 2.79. The van der Waals surface area contributed by atoms with E-state index in [9.17, 15) is 34.8 Å². The normalized spacial score (nSPS) is 26.8. The van der Waals surface area contributed by atoms with Crippen molar-refractivity contribution in [3.63, 3.8) is 0 Å². The summed E-state index contributed by atoms with van der Waals surface area (Å²) in [6.45, 7) is 6.48. The van der Waals surface area contributed by atoms with Crippen molar-refractivity contribution in [3.05, 3.63) is 45.7 Å². The molecule has 182 valence electrons. The number of hydrogen-bond donors (Lipinski definition) is 5. The molecule has 1 saturated carbocycles. The van der Waals surface area contributed by atoms with Crippen molar-refractivity contribution < 1.29 is 34.8 Å². The molecule has 0 radical (unpaired) electrons. The Morgan fingerprint density at radius 2 is 1.82 bits per heavy atom. The Hall–Kier alpha value is -3.13. The van der Waals surface area contributed by atoms with E-state index >= 15 is 0 Å². The molecule has 0 aliphatic heterocycles. The number of primary amides is 1. The van der Waals surface area contributed by atoms with E-state index < -0.39 is 52.0 Å². The molecular weight excluding hydrogens is 438 g/mol. The number of amides is 1. The number of aliphatic hydroxyl groups is 3. The molecule has 8 nitrogen and oxygen atoms in total. The molecular formula is C26H31NO7. The van der Waals surface area contributed by atoms with E-state index in [4.69, 9.17) is 5.73 Å². The number of nitrogens with two attached hydrogens (primary N) is 1. The Labute approximate surface area is 197 Å². The molecule has 0 unspecified atom stereocenters. The average Bonchev–Trinajstić information content (AvgIpc) is 2.71. The number of carbonyl (C=O) groups excluding carboxylic acids is 3. The fourth-order valence-electron chi connectivity index (χ4n) is 5.73. The first kappa shape index (κ1) is 24.0. The summed E-state index contributed by atoms with van der Waals surface area (Å²) in [5.74, 6) is -6.08. The van der Waals surface area contributed by atoms with Gasteiger partial charge in [0.1, 0.15) is 22.8 Å². The quantitative estimate of drug-likeness (QED) is 0.424. The summed E-state index contributed by atoms with van der Waals surface area (Å²) in [4.78, 5) is 37.6. The van der Waals surface area contributed by atoms with Crippen LogP contribution in [0.3, 0.4) is 0 Å². The standard InChI is InChI=1S/C26H31NO7/c1-25(2,3)8-4-5-12-6-7-16(28)19-15(12)10-13-9-14-11-17(29)20(24(27)33)23(32)26(14,34)22(31)18(13)21(19)30/h6-7,13-14,28,30,32,34H,4-5,8-11H2,1-3H3,(H2,27,33)/t13-,14+,26+/m1/s1. The summed E-state index contributed by atoms with van der Waals surface area (Å²) in [6.07, 6.45) is 2.80. The van der Waals surface area contributed by atoms with Gasteiger partial charge in [0.2, 0.25) is 5.78 Å². The number of hydrogen-bond acceptors (Lipinski definition) is 7. The number of fused-ring (bicyclic) bond motifs is 3. The van der Waals surface area contributed by atoms with Gasteiger partial charge in [0.15, 0.2) is 11.4 Å². The molecule has 4 rings (SSSR count). The van der Waals surface area contributed by atoms with Crippen LogP contribution in [0.25, 0.3) is 5.76 Å². The topological polar surface area (TPSA) is 158 Å². The van der Waals surface area contributed by atoms with E-state index in [2.05, 4.69) is 20.8 Å². The van der Waals surface area contributed by atoms with Gasteiger partial charge < -0.3 is 26.2 Å². The van der Waals surface area contributed by atoms with Crippen molar-refractivity contribution in [2.75, 3.05) is 0 Å². The number of phenolic OH excluding ortho intramolecular Hbond substituents is 1. The monoisotopic (exact) mass is 469 g/mol. The molecule has 8 heteroatoms. The van der Waals surface area contributed by atoms with Crippen molar-refractivity contribution in [1.29, 1.82) is 0 Å². The SMILES string of the molecule is CC(C)(C)CCCc1ccc(O)c2c1C[C@H]1C[C@H]3CC(=O)C(C(N)=O)=C(O)[C@@]3(O)C(=O)C1=C2O. The molecule has 3 aliphatic carbocycles. The van der Waals surface area contributed by atoms with E-state index in [1.807, 2.05) is 6.07 Å². The zero-order valence-corrected chi connectivity index (χ0v) is 19.6. The summed E-state index contributed by atoms with van der Waals surface area (Å²) in [5, 5.41) is 43.5. The number of aryl methyl sites for hydroxylation is 1. The molecule has 0 heterocycles. The molecule has 1 aromatic rings. The van der Waals surface area contributed by atoms with Crippen LogP contribution < -0.4 is 5.73 Å². The van der Waals surface area contributed by atoms with Crippen molar-refractivity contribution in [3.8, 4) is 5.75 Å². The van der Waals surface area contributed by atoms with Gasteiger partial charge in [-0.2, -0.15) is 0 Å². The number of Topliss-reactive ketones (excluding diaryl/α,β-unsaturated/α-hetero) is 2. The molecule has 1 fully saturated rings. The maximum absolute atomic E-state index is 13.5. The number of aromatic hydroxyl groups is 1. The summed E-state index contributed by atoms with van der Waals surface area (Å²) in [5.41, 5.74) is 3.81. The molecule has 0 bridgehead atoms. The summed E-state index contributed by atoms with van der Waals surface area (Å²) in [7, 11) is 0. The maximum Gasteiger partial charge on any atom is 0.255 e. The highest BCUT2D eigenvalue weighted by Gasteiger charge is 2.60. The third kappa shape index (κ3) is 3.60. The largest absolute Gasteiger partial charge is 0.508 e. The van der Waals surface area contributed by atoms with Gasteiger partial charge in [0, 0.05) is 17.9 Å². The van der Waals surface area contributed by atoms with Crippen LogP contribution in [-0.2, 0) is 27.2 Å². The molecule has 3 atom stereocenters. The van der Waals surface area contributed by atoms with Crippen LogP contribution in [0.2, 0.25) is 0 Å². The molecule has 6 N–H and O–H groups in total. The van der Waals surface area contributed by atoms with Gasteiger partial charge in [-0.3, -0.25) is 14.4 Å². The first-order valence-corrected chi connectivity index (χ1v) is 11.6. The van der Waals surface area contributed by atoms with Crippen molar-refractivity contribution in [1.82, 2.24) is 0 Å². The number of phenols is 1. The zero-order valence-electron chi connectivity index (χ0n) is 19.6. The van der Waals surface area contributed by atoms with Gasteiger partial charge in [-0.15, -0.1) is 0 Å². The second-order valence-electron chi connectivity index (χ2n) is 10.9. The minimum absolute atomic E-state index is 0.113. The molecule has 0 saturated heterocycles. The molecule has 0 spiro atoms. The van der Waals surface area contributed by atoms with Crippen LogP contribution in [0.1, 0.15) is 63.1 Å². The number of aliphatic hydroxyl groups excluding tert-OH is 2. The van der Waals surface area contributed by atoms with E-state index in [0.29, 0.717) is 6.42 Å². The first-order valence-electron chi connectivity index (χ1n) is 11.6. The molecule has 0 aromatic heterocycles. The van der Waals surface area contributed by atoms with E-state index in [1.54, 1.807) is 0 Å². The number of ketones is 2. The Bertz CT molecular complexity index is 1170. The fraction of sp³-hybridized carbons (Fsp3) is 0.500. The van der Waals surface area contributed by atoms with Crippen LogP contribution >= 0.6 is 0 Å². The van der Waals surface area contributed by atoms with Crippen molar-refractivity contribution in [2.45, 2.75) is 64.9 Å². The van der Waals surface area contributed by atoms with E-state index in [-0.39, 0.29) is 35.1 Å². The van der Waals surface area contributed by atoms with Crippen LogP contribution in [0.15, 0.2) is 29.0 Å². The molecule has 1 amide bonds.